The van der Waals surface area contributed by atoms with Gasteiger partial charge in [0.05, 0.1) is 12.8 Å². The summed E-state index contributed by atoms with van der Waals surface area (Å²) in [6.45, 7) is 5.12. The summed E-state index contributed by atoms with van der Waals surface area (Å²) in [6.07, 6.45) is 4.99. The molecular formula is C19H23N5O3. The molecule has 0 atom stereocenters. The fourth-order valence-electron chi connectivity index (χ4n) is 3.65. The monoisotopic (exact) mass is 369 g/mol. The zero-order valence-electron chi connectivity index (χ0n) is 15.3. The van der Waals surface area contributed by atoms with Crippen LogP contribution in [0.4, 0.5) is 5.88 Å². The summed E-state index contributed by atoms with van der Waals surface area (Å²) in [5, 5.41) is 9.38. The van der Waals surface area contributed by atoms with Crippen LogP contribution in [-0.2, 0) is 4.79 Å². The maximum atomic E-state index is 12.4. The van der Waals surface area contributed by atoms with Gasteiger partial charge in [-0.15, -0.1) is 0 Å². The topological polar surface area (TPSA) is 89.7 Å². The molecule has 8 heteroatoms. The number of amides is 1. The number of piperidine rings is 1. The van der Waals surface area contributed by atoms with Crippen molar-refractivity contribution < 1.29 is 13.6 Å². The lowest BCUT2D eigenvalue weighted by Gasteiger charge is -2.35. The minimum absolute atomic E-state index is 0.223. The van der Waals surface area contributed by atoms with Gasteiger partial charge in [-0.2, -0.15) is 10.2 Å². The number of carbonyl (C=O) groups excluding carboxylic acids is 1. The van der Waals surface area contributed by atoms with Crippen molar-refractivity contribution in [2.45, 2.75) is 19.3 Å². The van der Waals surface area contributed by atoms with Crippen LogP contribution in [0, 0.1) is 11.3 Å². The molecule has 0 radical (unpaired) electrons. The van der Waals surface area contributed by atoms with Gasteiger partial charge in [0, 0.05) is 39.3 Å². The minimum atomic E-state index is 0.223. The Morgan fingerprint density at radius 3 is 2.59 bits per heavy atom. The van der Waals surface area contributed by atoms with E-state index in [-0.39, 0.29) is 11.6 Å². The number of anilines is 1. The maximum absolute atomic E-state index is 12.4. The molecule has 2 fully saturated rings. The van der Waals surface area contributed by atoms with Gasteiger partial charge in [0.15, 0.2) is 5.76 Å². The number of oxazole rings is 1. The molecule has 0 bridgehead atoms. The minimum Gasteiger partial charge on any atom is -0.459 e. The summed E-state index contributed by atoms with van der Waals surface area (Å²) in [5.74, 6) is 1.52. The van der Waals surface area contributed by atoms with Crippen molar-refractivity contribution in [3.63, 3.8) is 0 Å². The first kappa shape index (κ1) is 17.6. The number of furan rings is 1. The Balaban J connectivity index is 1.36. The molecule has 2 aliphatic heterocycles. The fraction of sp³-hybridized carbons (Fsp3) is 0.526. The summed E-state index contributed by atoms with van der Waals surface area (Å²) < 4.78 is 11.1. The van der Waals surface area contributed by atoms with E-state index in [9.17, 15) is 10.1 Å². The fourth-order valence-corrected chi connectivity index (χ4v) is 3.65. The van der Waals surface area contributed by atoms with Crippen LogP contribution in [0.25, 0.3) is 11.7 Å². The second-order valence-electron chi connectivity index (χ2n) is 6.97. The van der Waals surface area contributed by atoms with Gasteiger partial charge in [0.2, 0.25) is 17.5 Å². The highest BCUT2D eigenvalue weighted by Crippen LogP contribution is 2.29. The molecular weight excluding hydrogens is 346 g/mol. The largest absolute Gasteiger partial charge is 0.459 e. The van der Waals surface area contributed by atoms with Crippen molar-refractivity contribution in [2.24, 2.45) is 0 Å². The average Bonchev–Trinajstić information content (AvgIpc) is 3.39. The van der Waals surface area contributed by atoms with Crippen LogP contribution in [0.15, 0.2) is 27.2 Å². The van der Waals surface area contributed by atoms with Crippen molar-refractivity contribution >= 4 is 11.8 Å². The van der Waals surface area contributed by atoms with E-state index in [0.717, 1.165) is 39.0 Å². The number of nitrogens with zero attached hydrogens (tertiary/aromatic N) is 5. The molecule has 2 aliphatic rings. The molecule has 0 N–H and O–H groups in total. The third kappa shape index (κ3) is 3.83. The highest BCUT2D eigenvalue weighted by Gasteiger charge is 2.27. The Hall–Kier alpha value is -2.79. The molecule has 1 amide bonds. The van der Waals surface area contributed by atoms with E-state index in [4.69, 9.17) is 8.83 Å². The van der Waals surface area contributed by atoms with Gasteiger partial charge < -0.3 is 18.6 Å². The first-order valence-electron chi connectivity index (χ1n) is 9.44. The number of carbonyl (C=O) groups is 1. The molecule has 0 unspecified atom stereocenters. The first-order chi connectivity index (χ1) is 13.2. The van der Waals surface area contributed by atoms with E-state index in [1.807, 2.05) is 9.80 Å². The summed E-state index contributed by atoms with van der Waals surface area (Å²) in [5.41, 5.74) is 0.263. The Bertz CT molecular complexity index is 809. The predicted octanol–water partition coefficient (Wildman–Crippen LogP) is 1.94. The van der Waals surface area contributed by atoms with Gasteiger partial charge in [-0.25, -0.2) is 0 Å². The van der Waals surface area contributed by atoms with Crippen LogP contribution < -0.4 is 4.90 Å². The molecule has 2 aromatic rings. The summed E-state index contributed by atoms with van der Waals surface area (Å²) in [4.78, 5) is 22.8. The summed E-state index contributed by atoms with van der Waals surface area (Å²) >= 11 is 0. The third-order valence-electron chi connectivity index (χ3n) is 5.17. The first-order valence-corrected chi connectivity index (χ1v) is 9.44. The lowest BCUT2D eigenvalue weighted by atomic mass is 10.1. The number of aromatic nitrogens is 1. The Kier molecular flexibility index (Phi) is 5.12. The second-order valence-corrected chi connectivity index (χ2v) is 6.97. The highest BCUT2D eigenvalue weighted by atomic mass is 16.4. The van der Waals surface area contributed by atoms with Crippen molar-refractivity contribution in [1.29, 1.82) is 5.26 Å². The third-order valence-corrected chi connectivity index (χ3v) is 5.17. The van der Waals surface area contributed by atoms with Crippen LogP contribution in [-0.4, -0.2) is 66.5 Å². The quantitative estimate of drug-likeness (QED) is 0.813. The average molecular weight is 369 g/mol. The number of piperazine rings is 1. The van der Waals surface area contributed by atoms with Crippen molar-refractivity contribution in [1.82, 2.24) is 14.8 Å². The van der Waals surface area contributed by atoms with E-state index in [2.05, 4.69) is 16.0 Å². The molecule has 4 rings (SSSR count). The van der Waals surface area contributed by atoms with Gasteiger partial charge in [0.1, 0.15) is 6.07 Å². The van der Waals surface area contributed by atoms with Crippen LogP contribution in [0.1, 0.15) is 25.0 Å². The Labute approximate surface area is 157 Å². The summed E-state index contributed by atoms with van der Waals surface area (Å²) in [6, 6.07) is 5.60. The van der Waals surface area contributed by atoms with Crippen molar-refractivity contribution in [2.75, 3.05) is 50.7 Å². The van der Waals surface area contributed by atoms with E-state index in [1.165, 1.54) is 6.42 Å². The Morgan fingerprint density at radius 2 is 1.93 bits per heavy atom. The zero-order chi connectivity index (χ0) is 18.6. The molecule has 0 saturated carbocycles. The normalized spacial score (nSPS) is 18.5. The lowest BCUT2D eigenvalue weighted by Crippen LogP contribution is -2.50. The maximum Gasteiger partial charge on any atom is 0.266 e. The van der Waals surface area contributed by atoms with Gasteiger partial charge in [0.25, 0.3) is 5.89 Å². The molecule has 2 saturated heterocycles. The number of likely N-dealkylation sites (tertiary alicyclic amines) is 1. The Morgan fingerprint density at radius 1 is 1.15 bits per heavy atom. The van der Waals surface area contributed by atoms with Crippen molar-refractivity contribution in [3.8, 4) is 17.7 Å². The molecule has 142 valence electrons. The molecule has 0 spiro atoms. The smallest absolute Gasteiger partial charge is 0.266 e. The van der Waals surface area contributed by atoms with E-state index < -0.39 is 0 Å². The van der Waals surface area contributed by atoms with Gasteiger partial charge >= 0.3 is 0 Å². The molecule has 2 aromatic heterocycles. The number of hydrogen-bond donors (Lipinski definition) is 0. The molecule has 0 aliphatic carbocycles. The second kappa shape index (κ2) is 7.84. The van der Waals surface area contributed by atoms with Gasteiger partial charge in [-0.3, -0.25) is 9.69 Å². The number of nitriles is 1. The predicted molar refractivity (Wildman–Crippen MR) is 98.0 cm³/mol. The van der Waals surface area contributed by atoms with Crippen LogP contribution in [0.5, 0.6) is 0 Å². The lowest BCUT2D eigenvalue weighted by molar-refractivity contribution is -0.133. The van der Waals surface area contributed by atoms with E-state index in [1.54, 1.807) is 18.4 Å². The molecule has 4 heterocycles. The van der Waals surface area contributed by atoms with Crippen LogP contribution in [0.2, 0.25) is 0 Å². The molecule has 0 aromatic carbocycles. The standard InChI is InChI=1S/C19H23N5O3/c20-13-15-19(27-18(21-15)16-5-4-12-26-16)24-10-8-22(9-11-24)14-17(25)23-6-2-1-3-7-23/h4-5,12H,1-3,6-11,14H2. The number of rotatable bonds is 4. The highest BCUT2D eigenvalue weighted by molar-refractivity contribution is 5.78. The van der Waals surface area contributed by atoms with Gasteiger partial charge in [-0.1, -0.05) is 0 Å². The molecule has 8 nitrogen and oxygen atoms in total. The van der Waals surface area contributed by atoms with Crippen LogP contribution in [0.3, 0.4) is 0 Å². The SMILES string of the molecule is N#Cc1nc(-c2ccco2)oc1N1CCN(CC(=O)N2CCCCC2)CC1. The zero-order valence-corrected chi connectivity index (χ0v) is 15.3. The van der Waals surface area contributed by atoms with E-state index in [0.29, 0.717) is 37.2 Å². The summed E-state index contributed by atoms with van der Waals surface area (Å²) in [7, 11) is 0. The number of hydrogen-bond acceptors (Lipinski definition) is 7. The van der Waals surface area contributed by atoms with Crippen LogP contribution >= 0.6 is 0 Å². The van der Waals surface area contributed by atoms with Crippen molar-refractivity contribution in [3.05, 3.63) is 24.1 Å². The van der Waals surface area contributed by atoms with E-state index >= 15 is 0 Å². The molecule has 27 heavy (non-hydrogen) atoms. The van der Waals surface area contributed by atoms with Gasteiger partial charge in [-0.05, 0) is 31.4 Å².